The number of nitrogens with zero attached hydrogens (tertiary/aromatic N) is 4. The van der Waals surface area contributed by atoms with Crippen LogP contribution in [-0.2, 0) is 0 Å². The molecule has 17 heavy (non-hydrogen) atoms. The summed E-state index contributed by atoms with van der Waals surface area (Å²) < 4.78 is 0. The first kappa shape index (κ1) is 12.5. The van der Waals surface area contributed by atoms with Gasteiger partial charge in [-0.3, -0.25) is 4.90 Å². The molecule has 2 rings (SSSR count). The Morgan fingerprint density at radius 2 is 1.82 bits per heavy atom. The van der Waals surface area contributed by atoms with E-state index < -0.39 is 0 Å². The largest absolute Gasteiger partial charge is 0.338 e. The van der Waals surface area contributed by atoms with Gasteiger partial charge in [0, 0.05) is 26.2 Å². The van der Waals surface area contributed by atoms with Crippen LogP contribution in [0.4, 0.5) is 5.95 Å². The minimum Gasteiger partial charge on any atom is -0.338 e. The van der Waals surface area contributed by atoms with Crippen LogP contribution in [0.5, 0.6) is 0 Å². The van der Waals surface area contributed by atoms with Gasteiger partial charge in [0.15, 0.2) is 0 Å². The van der Waals surface area contributed by atoms with Crippen molar-refractivity contribution in [2.45, 2.75) is 6.42 Å². The van der Waals surface area contributed by atoms with Crippen molar-refractivity contribution in [2.24, 2.45) is 5.73 Å². The zero-order valence-corrected chi connectivity index (χ0v) is 10.6. The van der Waals surface area contributed by atoms with Gasteiger partial charge < -0.3 is 10.6 Å². The minimum absolute atomic E-state index is 0.579. The highest BCUT2D eigenvalue weighted by Crippen LogP contribution is 2.12. The Morgan fingerprint density at radius 3 is 2.41 bits per heavy atom. The second-order valence-corrected chi connectivity index (χ2v) is 4.61. The quantitative estimate of drug-likeness (QED) is 0.854. The van der Waals surface area contributed by atoms with Crippen molar-refractivity contribution in [3.05, 3.63) is 17.4 Å². The normalized spacial score (nSPS) is 17.4. The molecule has 0 bridgehead atoms. The molecule has 1 aliphatic heterocycles. The lowest BCUT2D eigenvalue weighted by Crippen LogP contribution is -2.47. The van der Waals surface area contributed by atoms with Crippen LogP contribution in [0, 0.1) is 0 Å². The highest BCUT2D eigenvalue weighted by molar-refractivity contribution is 6.30. The van der Waals surface area contributed by atoms with Gasteiger partial charge in [0.1, 0.15) is 0 Å². The van der Waals surface area contributed by atoms with Crippen molar-refractivity contribution in [1.82, 2.24) is 14.9 Å². The molecule has 0 radical (unpaired) electrons. The molecule has 1 aromatic heterocycles. The lowest BCUT2D eigenvalue weighted by molar-refractivity contribution is 0.255. The molecule has 0 aliphatic carbocycles. The van der Waals surface area contributed by atoms with E-state index in [1.165, 1.54) is 0 Å². The predicted octanol–water partition coefficient (Wildman–Crippen LogP) is 0.601. The first-order chi connectivity index (χ1) is 8.29. The molecule has 5 nitrogen and oxygen atoms in total. The first-order valence-corrected chi connectivity index (χ1v) is 6.32. The molecule has 2 N–H and O–H groups in total. The molecule has 1 aromatic rings. The third-order valence-electron chi connectivity index (χ3n) is 2.94. The maximum atomic E-state index is 5.77. The molecule has 94 valence electrons. The van der Waals surface area contributed by atoms with Gasteiger partial charge >= 0.3 is 0 Å². The number of piperazine rings is 1. The van der Waals surface area contributed by atoms with Gasteiger partial charge in [-0.1, -0.05) is 11.6 Å². The second kappa shape index (κ2) is 6.14. The number of halogens is 1. The molecule has 1 fully saturated rings. The van der Waals surface area contributed by atoms with E-state index in [4.69, 9.17) is 17.3 Å². The van der Waals surface area contributed by atoms with Crippen LogP contribution in [0.1, 0.15) is 6.42 Å². The standard InChI is InChI=1S/C11H18ClN5/c12-10-8-14-11(15-9-10)17-6-4-16(5-7-17)3-1-2-13/h8-9H,1-7,13H2. The second-order valence-electron chi connectivity index (χ2n) is 4.17. The molecular formula is C11H18ClN5. The molecule has 0 aromatic carbocycles. The number of anilines is 1. The number of aromatic nitrogens is 2. The summed E-state index contributed by atoms with van der Waals surface area (Å²) in [6.07, 6.45) is 4.35. The van der Waals surface area contributed by atoms with Crippen molar-refractivity contribution in [1.29, 1.82) is 0 Å². The third-order valence-corrected chi connectivity index (χ3v) is 3.14. The van der Waals surface area contributed by atoms with E-state index in [0.717, 1.165) is 51.6 Å². The molecule has 1 aliphatic rings. The smallest absolute Gasteiger partial charge is 0.225 e. The van der Waals surface area contributed by atoms with E-state index in [0.29, 0.717) is 5.02 Å². The lowest BCUT2D eigenvalue weighted by Gasteiger charge is -2.34. The van der Waals surface area contributed by atoms with Gasteiger partial charge in [-0.25, -0.2) is 9.97 Å². The van der Waals surface area contributed by atoms with Crippen molar-refractivity contribution < 1.29 is 0 Å². The fraction of sp³-hybridized carbons (Fsp3) is 0.636. The van der Waals surface area contributed by atoms with Crippen molar-refractivity contribution >= 4 is 17.5 Å². The number of hydrogen-bond donors (Lipinski definition) is 1. The van der Waals surface area contributed by atoms with Crippen LogP contribution >= 0.6 is 11.6 Å². The van der Waals surface area contributed by atoms with Gasteiger partial charge in [-0.2, -0.15) is 0 Å². The molecule has 1 saturated heterocycles. The van der Waals surface area contributed by atoms with Crippen molar-refractivity contribution in [3.63, 3.8) is 0 Å². The summed E-state index contributed by atoms with van der Waals surface area (Å²) in [7, 11) is 0. The van der Waals surface area contributed by atoms with Crippen LogP contribution in [-0.4, -0.2) is 54.1 Å². The van der Waals surface area contributed by atoms with Crippen LogP contribution in [0.3, 0.4) is 0 Å². The van der Waals surface area contributed by atoms with Gasteiger partial charge in [0.05, 0.1) is 17.4 Å². The Labute approximate surface area is 107 Å². The average molecular weight is 256 g/mol. The maximum absolute atomic E-state index is 5.77. The highest BCUT2D eigenvalue weighted by atomic mass is 35.5. The van der Waals surface area contributed by atoms with Crippen LogP contribution in [0.25, 0.3) is 0 Å². The van der Waals surface area contributed by atoms with Gasteiger partial charge in [-0.05, 0) is 19.5 Å². The SMILES string of the molecule is NCCCN1CCN(c2ncc(Cl)cn2)CC1. The monoisotopic (exact) mass is 255 g/mol. The summed E-state index contributed by atoms with van der Waals surface area (Å²) >= 11 is 5.77. The summed E-state index contributed by atoms with van der Waals surface area (Å²) in [5.74, 6) is 0.771. The number of rotatable bonds is 4. The molecule has 0 amide bonds. The van der Waals surface area contributed by atoms with Gasteiger partial charge in [0.25, 0.3) is 0 Å². The first-order valence-electron chi connectivity index (χ1n) is 5.94. The Balaban J connectivity index is 1.84. The topological polar surface area (TPSA) is 58.3 Å². The van der Waals surface area contributed by atoms with E-state index >= 15 is 0 Å². The van der Waals surface area contributed by atoms with E-state index in [-0.39, 0.29) is 0 Å². The van der Waals surface area contributed by atoms with Crippen LogP contribution in [0.2, 0.25) is 5.02 Å². The third kappa shape index (κ3) is 3.52. The summed E-state index contributed by atoms with van der Waals surface area (Å²) in [5, 5.41) is 0.579. The summed E-state index contributed by atoms with van der Waals surface area (Å²) in [6, 6.07) is 0. The molecule has 6 heteroatoms. The summed E-state index contributed by atoms with van der Waals surface area (Å²) in [6.45, 7) is 5.88. The van der Waals surface area contributed by atoms with Crippen molar-refractivity contribution in [3.8, 4) is 0 Å². The van der Waals surface area contributed by atoms with E-state index in [1.54, 1.807) is 12.4 Å². The van der Waals surface area contributed by atoms with Crippen LogP contribution < -0.4 is 10.6 Å². The van der Waals surface area contributed by atoms with E-state index in [2.05, 4.69) is 19.8 Å². The molecule has 0 saturated carbocycles. The number of nitrogens with two attached hydrogens (primary N) is 1. The minimum atomic E-state index is 0.579. The highest BCUT2D eigenvalue weighted by Gasteiger charge is 2.18. The van der Waals surface area contributed by atoms with Crippen LogP contribution in [0.15, 0.2) is 12.4 Å². The van der Waals surface area contributed by atoms with Crippen molar-refractivity contribution in [2.75, 3.05) is 44.2 Å². The van der Waals surface area contributed by atoms with Gasteiger partial charge in [-0.15, -0.1) is 0 Å². The summed E-state index contributed by atoms with van der Waals surface area (Å²) in [4.78, 5) is 13.1. The zero-order chi connectivity index (χ0) is 12.1. The Morgan fingerprint density at radius 1 is 1.18 bits per heavy atom. The fourth-order valence-corrected chi connectivity index (χ4v) is 2.05. The number of hydrogen-bond acceptors (Lipinski definition) is 5. The lowest BCUT2D eigenvalue weighted by atomic mass is 10.3. The summed E-state index contributed by atoms with van der Waals surface area (Å²) in [5.41, 5.74) is 5.51. The Bertz CT molecular complexity index is 334. The Kier molecular flexibility index (Phi) is 4.53. The maximum Gasteiger partial charge on any atom is 0.225 e. The Hall–Kier alpha value is -0.910. The van der Waals surface area contributed by atoms with Gasteiger partial charge in [0.2, 0.25) is 5.95 Å². The fourth-order valence-electron chi connectivity index (χ4n) is 1.96. The molecule has 0 unspecified atom stereocenters. The zero-order valence-electron chi connectivity index (χ0n) is 9.85. The van der Waals surface area contributed by atoms with E-state index in [9.17, 15) is 0 Å². The predicted molar refractivity (Wildman–Crippen MR) is 69.4 cm³/mol. The molecular weight excluding hydrogens is 238 g/mol. The average Bonchev–Trinajstić information content (AvgIpc) is 2.38. The van der Waals surface area contributed by atoms with E-state index in [1.807, 2.05) is 0 Å². The molecule has 2 heterocycles. The molecule has 0 atom stereocenters. The molecule has 0 spiro atoms.